The van der Waals surface area contributed by atoms with E-state index in [0.717, 1.165) is 12.8 Å². The van der Waals surface area contributed by atoms with Gasteiger partial charge in [-0.1, -0.05) is 0 Å². The first-order valence-electron chi connectivity index (χ1n) is 5.37. The summed E-state index contributed by atoms with van der Waals surface area (Å²) in [5.41, 5.74) is 0.221. The first-order chi connectivity index (χ1) is 7.70. The van der Waals surface area contributed by atoms with Crippen LogP contribution in [0.2, 0.25) is 0 Å². The van der Waals surface area contributed by atoms with Crippen LogP contribution in [0.3, 0.4) is 0 Å². The Hall–Kier alpha value is -1.71. The summed E-state index contributed by atoms with van der Waals surface area (Å²) in [6, 6.07) is 4.68. The minimum Gasteiger partial charge on any atom is -0.490 e. The van der Waals surface area contributed by atoms with E-state index >= 15 is 0 Å². The third-order valence-corrected chi connectivity index (χ3v) is 2.31. The van der Waals surface area contributed by atoms with E-state index in [1.165, 1.54) is 12.1 Å². The van der Waals surface area contributed by atoms with E-state index in [2.05, 4.69) is 0 Å². The van der Waals surface area contributed by atoms with Crippen molar-refractivity contribution < 1.29 is 19.4 Å². The molecule has 0 radical (unpaired) electrons. The summed E-state index contributed by atoms with van der Waals surface area (Å²) < 4.78 is 11.0. The molecular formula is C12H14O4. The number of ether oxygens (including phenoxy) is 2. The van der Waals surface area contributed by atoms with Gasteiger partial charge in [-0.3, -0.25) is 0 Å². The first kappa shape index (κ1) is 10.8. The summed E-state index contributed by atoms with van der Waals surface area (Å²) in [6.07, 6.45) is 2.29. The summed E-state index contributed by atoms with van der Waals surface area (Å²) in [6.45, 7) is 2.42. The van der Waals surface area contributed by atoms with Crippen molar-refractivity contribution in [1.29, 1.82) is 0 Å². The largest absolute Gasteiger partial charge is 0.490 e. The van der Waals surface area contributed by atoms with Crippen molar-refractivity contribution in [2.45, 2.75) is 25.9 Å². The Labute approximate surface area is 93.8 Å². The predicted molar refractivity (Wildman–Crippen MR) is 58.2 cm³/mol. The van der Waals surface area contributed by atoms with Crippen LogP contribution in [-0.2, 0) is 0 Å². The molecule has 86 valence electrons. The molecule has 1 N–H and O–H groups in total. The van der Waals surface area contributed by atoms with Gasteiger partial charge in [0.2, 0.25) is 0 Å². The number of benzene rings is 1. The van der Waals surface area contributed by atoms with Crippen LogP contribution in [0.4, 0.5) is 0 Å². The van der Waals surface area contributed by atoms with Gasteiger partial charge in [-0.15, -0.1) is 0 Å². The van der Waals surface area contributed by atoms with E-state index in [4.69, 9.17) is 14.6 Å². The second-order valence-electron chi connectivity index (χ2n) is 3.72. The van der Waals surface area contributed by atoms with E-state index in [1.807, 2.05) is 6.92 Å². The van der Waals surface area contributed by atoms with Crippen molar-refractivity contribution in [3.8, 4) is 11.5 Å². The van der Waals surface area contributed by atoms with Gasteiger partial charge in [0.15, 0.2) is 11.5 Å². The Kier molecular flexibility index (Phi) is 2.99. The molecule has 1 aliphatic rings. The lowest BCUT2D eigenvalue weighted by atomic mass is 10.2. The normalized spacial score (nSPS) is 14.6. The Morgan fingerprint density at radius 3 is 2.75 bits per heavy atom. The highest BCUT2D eigenvalue weighted by molar-refractivity contribution is 5.88. The highest BCUT2D eigenvalue weighted by Crippen LogP contribution is 2.34. The maximum absolute atomic E-state index is 10.8. The van der Waals surface area contributed by atoms with Crippen molar-refractivity contribution in [3.05, 3.63) is 23.8 Å². The van der Waals surface area contributed by atoms with Crippen LogP contribution in [-0.4, -0.2) is 23.8 Å². The van der Waals surface area contributed by atoms with Crippen molar-refractivity contribution in [3.63, 3.8) is 0 Å². The predicted octanol–water partition coefficient (Wildman–Crippen LogP) is 2.32. The summed E-state index contributed by atoms with van der Waals surface area (Å²) in [7, 11) is 0. The van der Waals surface area contributed by atoms with Gasteiger partial charge >= 0.3 is 5.97 Å². The van der Waals surface area contributed by atoms with Crippen molar-refractivity contribution in [1.82, 2.24) is 0 Å². The molecule has 4 heteroatoms. The number of hydrogen-bond acceptors (Lipinski definition) is 3. The zero-order valence-corrected chi connectivity index (χ0v) is 9.10. The molecule has 4 nitrogen and oxygen atoms in total. The SMILES string of the molecule is CCOc1ccc(C(=O)O)cc1OC1CC1. The number of carbonyl (C=O) groups is 1. The molecule has 2 rings (SSSR count). The van der Waals surface area contributed by atoms with E-state index in [9.17, 15) is 4.79 Å². The molecule has 0 amide bonds. The highest BCUT2D eigenvalue weighted by atomic mass is 16.5. The molecule has 0 atom stereocenters. The second-order valence-corrected chi connectivity index (χ2v) is 3.72. The summed E-state index contributed by atoms with van der Waals surface area (Å²) in [5, 5.41) is 8.88. The van der Waals surface area contributed by atoms with E-state index in [-0.39, 0.29) is 11.7 Å². The average molecular weight is 222 g/mol. The van der Waals surface area contributed by atoms with Gasteiger partial charge in [-0.05, 0) is 38.0 Å². The van der Waals surface area contributed by atoms with E-state index in [1.54, 1.807) is 6.07 Å². The smallest absolute Gasteiger partial charge is 0.335 e. The summed E-state index contributed by atoms with van der Waals surface area (Å²) in [4.78, 5) is 10.8. The zero-order valence-electron chi connectivity index (χ0n) is 9.10. The standard InChI is InChI=1S/C12H14O4/c1-2-15-10-6-3-8(12(13)14)7-11(10)16-9-4-5-9/h3,6-7,9H,2,4-5H2,1H3,(H,13,14). The molecular weight excluding hydrogens is 208 g/mol. The Bertz CT molecular complexity index is 396. The fourth-order valence-corrected chi connectivity index (χ4v) is 1.37. The number of carboxylic acid groups (broad SMARTS) is 1. The minimum atomic E-state index is -0.955. The molecule has 0 unspecified atom stereocenters. The highest BCUT2D eigenvalue weighted by Gasteiger charge is 2.25. The molecule has 0 heterocycles. The molecule has 0 spiro atoms. The zero-order chi connectivity index (χ0) is 11.5. The van der Waals surface area contributed by atoms with Gasteiger partial charge in [0, 0.05) is 0 Å². The first-order valence-corrected chi connectivity index (χ1v) is 5.37. The maximum atomic E-state index is 10.8. The molecule has 16 heavy (non-hydrogen) atoms. The van der Waals surface area contributed by atoms with Crippen LogP contribution in [0.1, 0.15) is 30.1 Å². The maximum Gasteiger partial charge on any atom is 0.335 e. The van der Waals surface area contributed by atoms with Crippen LogP contribution in [0.15, 0.2) is 18.2 Å². The molecule has 1 aromatic carbocycles. The Morgan fingerprint density at radius 1 is 1.44 bits per heavy atom. The third kappa shape index (κ3) is 2.45. The van der Waals surface area contributed by atoms with E-state index < -0.39 is 5.97 Å². The lowest BCUT2D eigenvalue weighted by molar-refractivity contribution is 0.0696. The van der Waals surface area contributed by atoms with Gasteiger partial charge in [-0.2, -0.15) is 0 Å². The lowest BCUT2D eigenvalue weighted by Crippen LogP contribution is -2.03. The van der Waals surface area contributed by atoms with Crippen molar-refractivity contribution in [2.24, 2.45) is 0 Å². The lowest BCUT2D eigenvalue weighted by Gasteiger charge is -2.11. The quantitative estimate of drug-likeness (QED) is 0.830. The van der Waals surface area contributed by atoms with Crippen molar-refractivity contribution in [2.75, 3.05) is 6.61 Å². The number of aromatic carboxylic acids is 1. The van der Waals surface area contributed by atoms with Crippen LogP contribution < -0.4 is 9.47 Å². The Balaban J connectivity index is 2.25. The third-order valence-electron chi connectivity index (χ3n) is 2.31. The van der Waals surface area contributed by atoms with E-state index in [0.29, 0.717) is 18.1 Å². The molecule has 0 saturated heterocycles. The topological polar surface area (TPSA) is 55.8 Å². The summed E-state index contributed by atoms with van der Waals surface area (Å²) in [5.74, 6) is 0.187. The Morgan fingerprint density at radius 2 is 2.19 bits per heavy atom. The fourth-order valence-electron chi connectivity index (χ4n) is 1.37. The molecule has 0 aromatic heterocycles. The monoisotopic (exact) mass is 222 g/mol. The molecule has 1 aliphatic carbocycles. The van der Waals surface area contributed by atoms with Gasteiger partial charge < -0.3 is 14.6 Å². The average Bonchev–Trinajstić information content (AvgIpc) is 3.04. The minimum absolute atomic E-state index is 0.221. The number of carboxylic acids is 1. The van der Waals surface area contributed by atoms with Crippen LogP contribution in [0.5, 0.6) is 11.5 Å². The van der Waals surface area contributed by atoms with Gasteiger partial charge in [0.1, 0.15) is 0 Å². The summed E-state index contributed by atoms with van der Waals surface area (Å²) >= 11 is 0. The number of hydrogen-bond donors (Lipinski definition) is 1. The van der Waals surface area contributed by atoms with Crippen molar-refractivity contribution >= 4 is 5.97 Å². The van der Waals surface area contributed by atoms with Crippen LogP contribution in [0, 0.1) is 0 Å². The molecule has 0 aliphatic heterocycles. The second kappa shape index (κ2) is 4.43. The molecule has 1 aromatic rings. The molecule has 1 fully saturated rings. The van der Waals surface area contributed by atoms with Crippen LogP contribution in [0.25, 0.3) is 0 Å². The molecule has 1 saturated carbocycles. The number of rotatable bonds is 5. The fraction of sp³-hybridized carbons (Fsp3) is 0.417. The van der Waals surface area contributed by atoms with Gasteiger partial charge in [0.25, 0.3) is 0 Å². The molecule has 0 bridgehead atoms. The van der Waals surface area contributed by atoms with Crippen LogP contribution >= 0.6 is 0 Å². The van der Waals surface area contributed by atoms with Gasteiger partial charge in [-0.25, -0.2) is 4.79 Å². The van der Waals surface area contributed by atoms with Gasteiger partial charge in [0.05, 0.1) is 18.3 Å².